The van der Waals surface area contributed by atoms with E-state index in [2.05, 4.69) is 25.6 Å². The van der Waals surface area contributed by atoms with E-state index in [4.69, 9.17) is 76.4 Å². The molecule has 20 atom stereocenters. The average molecular weight is 1910 g/mol. The zero-order chi connectivity index (χ0) is 88.5. The maximum Gasteiger partial charge on any atom is 2.00 e. The van der Waals surface area contributed by atoms with Crippen LogP contribution in [0.25, 0.3) is 0 Å². The van der Waals surface area contributed by atoms with E-state index in [1.807, 2.05) is 107 Å². The second-order valence-electron chi connectivity index (χ2n) is 31.6. The number of rotatable bonds is 18. The molecule has 123 heavy (non-hydrogen) atoms. The van der Waals surface area contributed by atoms with E-state index in [1.165, 1.54) is 89.8 Å². The standard InChI is InChI=1S/C24H35N3O7S.C23H32N2O6S.C22H30N2O7S.C9H14N2O4S.C2H7NO.CH3.BrH.ClH.Mg.H2/c1-14-18(32-13-15-9-11-16(30-7)12-10-15)17-21(33-19(14)20(28)27(6)31-8)35-22(25-17)26(5)23(29)34-24(2,3)4;1-13-18(14(2)26)30-20-17(19(13)29-12-15-8-10-16(28-7)11-9-15)24-21(32-20)25(6)22(27)31-23(3,4)5;1-12-16(29-11-13-7-9-14(28-6)10-8-13)15-19(30-17(12)18(25)26)32-20(23-15)24(5)21(27)31-22(2,3)4;1-3(12)7-6(14)5(13)4-8(15-7)16-9(10-2)11-4;1-3-4-2;;;;;/h9-12,14,17-19,21H,13H2,1-8H3;8-11,13,17-20H,12H2,1-7H3;7-10,12,15-17,19H,11H2,1-6H3,(H,25,26);4-8,13-14H,1-2H3,(H,10,11);3H,1-2H3;1H3;2*1H;;1H/q;;;;;-1;;;+2;/p-1/t14-,17+,18-,19-,21+;13-,17-,18?,19+,20-;12-,15+,16-,17-,19+;4-,5-,6+,7?,8-;;;;;;/m0101....../s1. The van der Waals surface area contributed by atoms with Crippen molar-refractivity contribution in [3.8, 4) is 17.2 Å². The maximum absolute atomic E-state index is 13.0. The van der Waals surface area contributed by atoms with E-state index in [9.17, 15) is 48.9 Å². The van der Waals surface area contributed by atoms with Crippen LogP contribution in [0.3, 0.4) is 0 Å². The summed E-state index contributed by atoms with van der Waals surface area (Å²) in [5, 5.41) is 35.3. The van der Waals surface area contributed by atoms with E-state index < -0.39 is 130 Å². The molecule has 4 amide bonds. The minimum absolute atomic E-state index is 0. The van der Waals surface area contributed by atoms with Crippen molar-refractivity contribution in [3.63, 3.8) is 0 Å². The SMILES string of the molecule is CN=C1N[C@@H]2[C@@H](O)[C@H](O)C(C(C)=O)O[C@@H]2S1.CNOC.COc1ccc(CO[C@@H]2[C@H]3N=C(N(C)C(=O)OC(C)(C)C)S[C@H]3OC(C(C)=O)[C@H]2C)cc1.COc1ccc(CO[C@H]2[C@H](C)[C@@H](C(=O)N(C)OC)O[C@@H]3SC(N(C)C(=O)OC(C)(C)C)=N[C@H]23)cc1.COc1ccc(CO[C@H]2[C@H](C)[C@@H](C(=O)O)O[C@@H]3SC(N(C)C(=O)OC(C)(C)C)=N[C@H]23)cc1.Cl.[Br-].[CH3-].[HH].[Mg+2]. The summed E-state index contributed by atoms with van der Waals surface area (Å²) >= 11 is 5.11. The number of aliphatic imine (C=N–C) groups is 4. The number of nitrogens with zero attached hydrogens (tertiary/aromatic N) is 8. The predicted octanol–water partition coefficient (Wildman–Crippen LogP) is 6.75. The van der Waals surface area contributed by atoms with Gasteiger partial charge in [-0.05, 0) is 129 Å². The molecule has 11 rings (SSSR count). The Morgan fingerprint density at radius 1 is 0.512 bits per heavy atom. The Morgan fingerprint density at radius 2 is 0.813 bits per heavy atom. The number of aliphatic hydroxyl groups excluding tert-OH is 2. The molecule has 8 heterocycles. The Bertz CT molecular complexity index is 3910. The van der Waals surface area contributed by atoms with Gasteiger partial charge < -0.3 is 111 Å². The molecule has 42 heteroatoms. The molecule has 688 valence electrons. The maximum atomic E-state index is 13.0. The van der Waals surface area contributed by atoms with Gasteiger partial charge in [-0.3, -0.25) is 53.9 Å². The molecule has 0 aliphatic carbocycles. The van der Waals surface area contributed by atoms with Crippen molar-refractivity contribution in [1.82, 2.24) is 30.6 Å². The van der Waals surface area contributed by atoms with E-state index in [0.29, 0.717) is 33.9 Å². The fourth-order valence-corrected chi connectivity index (χ4v) is 17.4. The number of carboxylic acids is 1. The van der Waals surface area contributed by atoms with E-state index in [-0.39, 0.29) is 115 Å². The number of carbonyl (C=O) groups is 7. The van der Waals surface area contributed by atoms with Gasteiger partial charge in [0.1, 0.15) is 104 Å². The van der Waals surface area contributed by atoms with Gasteiger partial charge in [-0.25, -0.2) is 29.7 Å². The molecule has 0 aromatic heterocycles. The smallest absolute Gasteiger partial charge is 1.00 e. The molecule has 2 unspecified atom stereocenters. The number of amides is 4. The van der Waals surface area contributed by atoms with Gasteiger partial charge in [0.15, 0.2) is 38.3 Å². The number of methoxy groups -OCH3 is 3. The predicted molar refractivity (Wildman–Crippen MR) is 472 cm³/mol. The Morgan fingerprint density at radius 3 is 1.10 bits per heavy atom. The molecule has 0 spiro atoms. The summed E-state index contributed by atoms with van der Waals surface area (Å²) in [6, 6.07) is 21.1. The number of aliphatic carboxylic acids is 1. The summed E-state index contributed by atoms with van der Waals surface area (Å²) in [7, 11) is 17.5. The molecule has 0 saturated carbocycles. The van der Waals surface area contributed by atoms with Crippen LogP contribution < -0.4 is 42.0 Å². The van der Waals surface area contributed by atoms with Crippen LogP contribution in [-0.4, -0.2) is 316 Å². The van der Waals surface area contributed by atoms with Crippen molar-refractivity contribution in [3.05, 3.63) is 96.9 Å². The minimum atomic E-state index is -1.19. The fraction of sp³-hybridized carbons (Fsp3) is 0.630. The van der Waals surface area contributed by atoms with Gasteiger partial charge in [-0.2, -0.15) is 0 Å². The number of carbonyl (C=O) groups excluding carboxylic acids is 6. The van der Waals surface area contributed by atoms with Crippen LogP contribution >= 0.6 is 59.5 Å². The molecule has 5 fully saturated rings. The van der Waals surface area contributed by atoms with E-state index >= 15 is 0 Å². The Labute approximate surface area is 772 Å². The summed E-state index contributed by atoms with van der Waals surface area (Å²) in [5.41, 5.74) is 1.51. The number of hydrogen-bond donors (Lipinski definition) is 5. The van der Waals surface area contributed by atoms with Crippen molar-refractivity contribution >= 4 is 145 Å². The second kappa shape index (κ2) is 50.2. The van der Waals surface area contributed by atoms with Crippen LogP contribution in [0.15, 0.2) is 92.8 Å². The van der Waals surface area contributed by atoms with Crippen LogP contribution in [-0.2, 0) is 96.0 Å². The summed E-state index contributed by atoms with van der Waals surface area (Å²) in [4.78, 5) is 117. The summed E-state index contributed by atoms with van der Waals surface area (Å²) in [6.45, 7) is 25.7. The zero-order valence-corrected chi connectivity index (χ0v) is 81.7. The number of nitrogens with one attached hydrogen (secondary N) is 2. The molecule has 0 radical (unpaired) electrons. The molecule has 8 aliphatic heterocycles. The molecule has 3 aromatic rings. The van der Waals surface area contributed by atoms with Gasteiger partial charge in [0, 0.05) is 61.5 Å². The molecule has 3 aromatic carbocycles. The number of fused-ring (bicyclic) bond motifs is 4. The fourth-order valence-electron chi connectivity index (χ4n) is 12.8. The third-order valence-corrected chi connectivity index (χ3v) is 24.0. The Balaban J connectivity index is 0.000000557. The number of Topliss-reactive ketones (excluding diaryl/α,β-unsaturated/α-hetero) is 2. The number of likely N-dealkylation sites (N-methyl/N-ethyl adjacent to an activating group) is 1. The van der Waals surface area contributed by atoms with Gasteiger partial charge >= 0.3 is 47.3 Å². The average Bonchev–Trinajstić information content (AvgIpc) is 1.62. The largest absolute Gasteiger partial charge is 2.00 e. The van der Waals surface area contributed by atoms with Crippen LogP contribution in [0.5, 0.6) is 17.2 Å². The van der Waals surface area contributed by atoms with Gasteiger partial charge in [0.25, 0.3) is 5.91 Å². The number of hydrogen-bond acceptors (Lipinski definition) is 33. The first-order valence-electron chi connectivity index (χ1n) is 38.4. The van der Waals surface area contributed by atoms with Gasteiger partial charge in [0.2, 0.25) is 0 Å². The molecule has 35 nitrogen and oxygen atoms in total. The van der Waals surface area contributed by atoms with Crippen LogP contribution in [0.1, 0.15) is 115 Å². The third-order valence-electron chi connectivity index (χ3n) is 19.2. The number of benzene rings is 3. The van der Waals surface area contributed by atoms with Crippen molar-refractivity contribution in [2.75, 3.05) is 77.8 Å². The topological polar surface area (TPSA) is 405 Å². The van der Waals surface area contributed by atoms with Gasteiger partial charge in [0.05, 0.1) is 79.7 Å². The van der Waals surface area contributed by atoms with Crippen molar-refractivity contribution in [2.24, 2.45) is 37.7 Å². The van der Waals surface area contributed by atoms with Gasteiger partial charge in [-0.15, -0.1) is 12.4 Å². The monoisotopic (exact) mass is 1900 g/mol. The molecule has 5 N–H and O–H groups in total. The summed E-state index contributed by atoms with van der Waals surface area (Å²) in [6.07, 6.45) is -8.44. The number of aliphatic hydroxyl groups is 2. The zero-order valence-electron chi connectivity index (χ0n) is 74.6. The number of ketones is 2. The third kappa shape index (κ3) is 30.9. The number of ether oxygens (including phenoxy) is 13. The number of carboxylic acid groups (broad SMARTS) is 1. The molecular weight excluding hydrogens is 1780 g/mol. The molecule has 8 aliphatic rings. The Kier molecular flexibility index (Phi) is 45.4. The van der Waals surface area contributed by atoms with E-state index in [1.54, 1.807) is 112 Å². The number of halogens is 2. The first-order chi connectivity index (χ1) is 55.9. The first-order valence-corrected chi connectivity index (χ1v) is 41.9. The summed E-state index contributed by atoms with van der Waals surface area (Å²) in [5.74, 6) is -0.388. The van der Waals surface area contributed by atoms with Crippen molar-refractivity contribution < 1.29 is 139 Å². The van der Waals surface area contributed by atoms with Crippen LogP contribution in [0, 0.1) is 25.2 Å². The number of hydroxylamine groups is 3. The van der Waals surface area contributed by atoms with Crippen molar-refractivity contribution in [1.29, 1.82) is 0 Å². The molecule has 5 saturated heterocycles. The van der Waals surface area contributed by atoms with E-state index in [0.717, 1.165) is 39.0 Å². The Hall–Kier alpha value is -5.91. The normalized spacial score (nSPS) is 27.7. The quantitative estimate of drug-likeness (QED) is 0.0380. The van der Waals surface area contributed by atoms with Crippen LogP contribution in [0.2, 0.25) is 0 Å². The number of amidine groups is 4. The number of thioether (sulfide) groups is 4. The van der Waals surface area contributed by atoms with Crippen molar-refractivity contribution in [2.45, 2.75) is 234 Å². The first kappa shape index (κ1) is 111. The summed E-state index contributed by atoms with van der Waals surface area (Å²) < 4.78 is 74.3. The molecule has 0 bridgehead atoms. The minimum Gasteiger partial charge on any atom is -1.00 e. The second-order valence-corrected chi connectivity index (χ2v) is 35.9. The van der Waals surface area contributed by atoms with Gasteiger partial charge in [-0.1, -0.05) is 104 Å². The molecular formula is C81H124BrClMgN10O25S4. The van der Waals surface area contributed by atoms with Crippen LogP contribution in [0.4, 0.5) is 14.4 Å².